The molecule has 1 aliphatic rings. The van der Waals surface area contributed by atoms with Crippen molar-refractivity contribution in [3.05, 3.63) is 23.5 Å². The van der Waals surface area contributed by atoms with E-state index in [-0.39, 0.29) is 5.82 Å². The van der Waals surface area contributed by atoms with E-state index in [9.17, 15) is 4.39 Å². The molecule has 20 heavy (non-hydrogen) atoms. The molecule has 0 saturated carbocycles. The van der Waals surface area contributed by atoms with Crippen molar-refractivity contribution in [1.29, 1.82) is 0 Å². The average Bonchev–Trinajstić information content (AvgIpc) is 2.49. The van der Waals surface area contributed by atoms with Gasteiger partial charge in [0.1, 0.15) is 0 Å². The van der Waals surface area contributed by atoms with E-state index in [2.05, 4.69) is 12.2 Å². The van der Waals surface area contributed by atoms with E-state index < -0.39 is 0 Å². The van der Waals surface area contributed by atoms with Gasteiger partial charge in [-0.05, 0) is 31.4 Å². The molecule has 0 radical (unpaired) electrons. The summed E-state index contributed by atoms with van der Waals surface area (Å²) >= 11 is 0. The van der Waals surface area contributed by atoms with Crippen LogP contribution in [0.1, 0.15) is 57.4 Å². The van der Waals surface area contributed by atoms with Gasteiger partial charge in [0.05, 0.1) is 6.61 Å². The van der Waals surface area contributed by atoms with Gasteiger partial charge in [0.15, 0.2) is 11.6 Å². The Morgan fingerprint density at radius 1 is 1.15 bits per heavy atom. The second-order valence-corrected chi connectivity index (χ2v) is 5.55. The van der Waals surface area contributed by atoms with Crippen LogP contribution < -0.4 is 10.1 Å². The first-order chi connectivity index (χ1) is 9.83. The molecule has 0 bridgehead atoms. The highest BCUT2D eigenvalue weighted by atomic mass is 19.1. The minimum atomic E-state index is -0.232. The number of hydrogen-bond donors (Lipinski definition) is 1. The van der Waals surface area contributed by atoms with Crippen LogP contribution >= 0.6 is 0 Å². The highest BCUT2D eigenvalue weighted by Crippen LogP contribution is 2.33. The van der Waals surface area contributed by atoms with Gasteiger partial charge < -0.3 is 10.1 Å². The molecule has 1 aliphatic heterocycles. The molecule has 0 fully saturated rings. The van der Waals surface area contributed by atoms with Gasteiger partial charge >= 0.3 is 0 Å². The van der Waals surface area contributed by atoms with E-state index in [1.54, 1.807) is 0 Å². The lowest BCUT2D eigenvalue weighted by molar-refractivity contribution is 0.273. The zero-order valence-electron chi connectivity index (χ0n) is 12.5. The highest BCUT2D eigenvalue weighted by molar-refractivity contribution is 5.58. The summed E-state index contributed by atoms with van der Waals surface area (Å²) in [6, 6.07) is 3.35. The van der Waals surface area contributed by atoms with Crippen LogP contribution in [0.5, 0.6) is 5.75 Å². The smallest absolute Gasteiger partial charge is 0.165 e. The molecule has 1 aromatic rings. The first kappa shape index (κ1) is 15.1. The molecule has 0 spiro atoms. The fourth-order valence-electron chi connectivity index (χ4n) is 2.72. The maximum atomic E-state index is 13.7. The Labute approximate surface area is 121 Å². The predicted octanol–water partition coefficient (Wildman–Crippen LogP) is 4.92. The molecule has 0 saturated heterocycles. The molecule has 1 N–H and O–H groups in total. The zero-order chi connectivity index (χ0) is 14.2. The SMILES string of the molecule is CCCCCCCCNc1ccc(F)c2c1CCCO2. The van der Waals surface area contributed by atoms with Gasteiger partial charge in [-0.3, -0.25) is 0 Å². The summed E-state index contributed by atoms with van der Waals surface area (Å²) in [5, 5.41) is 3.44. The van der Waals surface area contributed by atoms with Crippen molar-refractivity contribution in [3.63, 3.8) is 0 Å². The second-order valence-electron chi connectivity index (χ2n) is 5.55. The summed E-state index contributed by atoms with van der Waals surface area (Å²) in [6.07, 6.45) is 9.63. The molecule has 3 heteroatoms. The van der Waals surface area contributed by atoms with Gasteiger partial charge in [0.25, 0.3) is 0 Å². The van der Waals surface area contributed by atoms with Gasteiger partial charge in [0, 0.05) is 17.8 Å². The first-order valence-corrected chi connectivity index (χ1v) is 8.01. The zero-order valence-corrected chi connectivity index (χ0v) is 12.5. The topological polar surface area (TPSA) is 21.3 Å². The Balaban J connectivity index is 1.78. The van der Waals surface area contributed by atoms with Crippen molar-refractivity contribution in [2.24, 2.45) is 0 Å². The van der Waals surface area contributed by atoms with E-state index >= 15 is 0 Å². The summed E-state index contributed by atoms with van der Waals surface area (Å²) < 4.78 is 19.1. The molecule has 0 unspecified atom stereocenters. The summed E-state index contributed by atoms with van der Waals surface area (Å²) in [4.78, 5) is 0. The van der Waals surface area contributed by atoms with E-state index in [1.807, 2.05) is 6.07 Å². The van der Waals surface area contributed by atoms with Crippen LogP contribution in [0.15, 0.2) is 12.1 Å². The van der Waals surface area contributed by atoms with Crippen molar-refractivity contribution < 1.29 is 9.13 Å². The predicted molar refractivity (Wildman–Crippen MR) is 82.1 cm³/mol. The van der Waals surface area contributed by atoms with Gasteiger partial charge in [-0.25, -0.2) is 4.39 Å². The van der Waals surface area contributed by atoms with Crippen molar-refractivity contribution in [3.8, 4) is 5.75 Å². The lowest BCUT2D eigenvalue weighted by atomic mass is 10.0. The molecule has 0 amide bonds. The van der Waals surface area contributed by atoms with Gasteiger partial charge in [-0.15, -0.1) is 0 Å². The molecular weight excluding hydrogens is 253 g/mol. The Kier molecular flexibility index (Phi) is 6.16. The fourth-order valence-corrected chi connectivity index (χ4v) is 2.72. The first-order valence-electron chi connectivity index (χ1n) is 8.01. The Bertz CT molecular complexity index is 420. The van der Waals surface area contributed by atoms with Crippen molar-refractivity contribution in [1.82, 2.24) is 0 Å². The summed E-state index contributed by atoms with van der Waals surface area (Å²) in [6.45, 7) is 3.83. The standard InChI is InChI=1S/C17H26FNO/c1-2-3-4-5-6-7-12-19-16-11-10-15(18)17-14(16)9-8-13-20-17/h10-11,19H,2-9,12-13H2,1H3. The van der Waals surface area contributed by atoms with E-state index in [1.165, 1.54) is 44.6 Å². The van der Waals surface area contributed by atoms with Gasteiger partial charge in [0.2, 0.25) is 0 Å². The number of rotatable bonds is 8. The van der Waals surface area contributed by atoms with Crippen LogP contribution in [-0.2, 0) is 6.42 Å². The Morgan fingerprint density at radius 2 is 1.95 bits per heavy atom. The summed E-state index contributed by atoms with van der Waals surface area (Å²) in [5.41, 5.74) is 2.07. The molecular formula is C17H26FNO. The minimum Gasteiger partial charge on any atom is -0.490 e. The summed E-state index contributed by atoms with van der Waals surface area (Å²) in [5.74, 6) is 0.231. The third-order valence-corrected chi connectivity index (χ3v) is 3.88. The molecule has 0 atom stereocenters. The number of fused-ring (bicyclic) bond motifs is 1. The summed E-state index contributed by atoms with van der Waals surface area (Å²) in [7, 11) is 0. The molecule has 1 aromatic carbocycles. The fraction of sp³-hybridized carbons (Fsp3) is 0.647. The number of anilines is 1. The quantitative estimate of drug-likeness (QED) is 0.682. The van der Waals surface area contributed by atoms with Crippen molar-refractivity contribution >= 4 is 5.69 Å². The van der Waals surface area contributed by atoms with Crippen molar-refractivity contribution in [2.45, 2.75) is 58.3 Å². The minimum absolute atomic E-state index is 0.232. The molecule has 0 aliphatic carbocycles. The van der Waals surface area contributed by atoms with Crippen LogP contribution in [-0.4, -0.2) is 13.2 Å². The van der Waals surface area contributed by atoms with Crippen LogP contribution in [0, 0.1) is 5.82 Å². The van der Waals surface area contributed by atoms with Gasteiger partial charge in [-0.1, -0.05) is 39.0 Å². The van der Waals surface area contributed by atoms with Crippen LogP contribution in [0.3, 0.4) is 0 Å². The van der Waals surface area contributed by atoms with Crippen LogP contribution in [0.25, 0.3) is 0 Å². The third-order valence-electron chi connectivity index (χ3n) is 3.88. The number of ether oxygens (including phenoxy) is 1. The average molecular weight is 279 g/mol. The number of hydrogen-bond acceptors (Lipinski definition) is 2. The highest BCUT2D eigenvalue weighted by Gasteiger charge is 2.18. The van der Waals surface area contributed by atoms with Crippen LogP contribution in [0.2, 0.25) is 0 Å². The van der Waals surface area contributed by atoms with E-state index in [0.29, 0.717) is 12.4 Å². The second kappa shape index (κ2) is 8.13. The number of halogens is 1. The van der Waals surface area contributed by atoms with Crippen LogP contribution in [0.4, 0.5) is 10.1 Å². The van der Waals surface area contributed by atoms with Gasteiger partial charge in [-0.2, -0.15) is 0 Å². The largest absolute Gasteiger partial charge is 0.490 e. The molecule has 2 nitrogen and oxygen atoms in total. The normalized spacial score (nSPS) is 13.7. The molecule has 0 aromatic heterocycles. The molecule has 2 rings (SSSR count). The monoisotopic (exact) mass is 279 g/mol. The lowest BCUT2D eigenvalue weighted by Gasteiger charge is -2.21. The maximum Gasteiger partial charge on any atom is 0.165 e. The Hall–Kier alpha value is -1.25. The van der Waals surface area contributed by atoms with E-state index in [4.69, 9.17) is 4.74 Å². The number of benzene rings is 1. The number of unbranched alkanes of at least 4 members (excludes halogenated alkanes) is 5. The van der Waals surface area contributed by atoms with E-state index in [0.717, 1.165) is 30.6 Å². The Morgan fingerprint density at radius 3 is 2.80 bits per heavy atom. The third kappa shape index (κ3) is 4.12. The molecule has 1 heterocycles. The number of nitrogens with one attached hydrogen (secondary N) is 1. The maximum absolute atomic E-state index is 13.7. The molecule has 112 valence electrons. The van der Waals surface area contributed by atoms with Crippen molar-refractivity contribution in [2.75, 3.05) is 18.5 Å². The lowest BCUT2D eigenvalue weighted by Crippen LogP contribution is -2.13.